The molecule has 1 heterocycles. The molecule has 0 fully saturated rings. The predicted octanol–water partition coefficient (Wildman–Crippen LogP) is 4.02. The van der Waals surface area contributed by atoms with Gasteiger partial charge in [0.2, 0.25) is 0 Å². The van der Waals surface area contributed by atoms with Crippen LogP contribution in [0.1, 0.15) is 54.2 Å². The van der Waals surface area contributed by atoms with E-state index < -0.39 is 5.97 Å². The highest BCUT2D eigenvalue weighted by Crippen LogP contribution is 2.34. The Morgan fingerprint density at radius 2 is 2.10 bits per heavy atom. The molecule has 0 amide bonds. The van der Waals surface area contributed by atoms with Crippen LogP contribution in [0.15, 0.2) is 18.2 Å². The number of rotatable bonds is 4. The second-order valence-electron chi connectivity index (χ2n) is 5.64. The van der Waals surface area contributed by atoms with Gasteiger partial charge in [-0.25, -0.2) is 4.79 Å². The van der Waals surface area contributed by atoms with Gasteiger partial charge in [-0.1, -0.05) is 25.5 Å². The summed E-state index contributed by atoms with van der Waals surface area (Å²) in [5.74, 6) is -0.816. The number of hydrogen-bond donors (Lipinski definition) is 1. The summed E-state index contributed by atoms with van der Waals surface area (Å²) < 4.78 is 2.29. The minimum absolute atomic E-state index is 0.452. The van der Waals surface area contributed by atoms with E-state index >= 15 is 0 Å². The van der Waals surface area contributed by atoms with E-state index in [2.05, 4.69) is 17.6 Å². The number of aryl methyl sites for hydroxylation is 2. The van der Waals surface area contributed by atoms with Crippen molar-refractivity contribution >= 4 is 16.9 Å². The topological polar surface area (TPSA) is 42.2 Å². The molecular weight excluding hydrogens is 250 g/mol. The molecule has 3 heteroatoms. The van der Waals surface area contributed by atoms with E-state index in [0.717, 1.165) is 43.1 Å². The molecular formula is C17H21NO2. The van der Waals surface area contributed by atoms with Gasteiger partial charge >= 0.3 is 5.97 Å². The molecule has 20 heavy (non-hydrogen) atoms. The summed E-state index contributed by atoms with van der Waals surface area (Å²) in [6.07, 6.45) is 6.85. The lowest BCUT2D eigenvalue weighted by molar-refractivity contribution is 0.0698. The van der Waals surface area contributed by atoms with Crippen LogP contribution in [-0.2, 0) is 19.4 Å². The Balaban J connectivity index is 2.28. The zero-order chi connectivity index (χ0) is 14.1. The highest BCUT2D eigenvalue weighted by Gasteiger charge is 2.22. The Kier molecular flexibility index (Phi) is 3.51. The predicted molar refractivity (Wildman–Crippen MR) is 80.4 cm³/mol. The fourth-order valence-corrected chi connectivity index (χ4v) is 3.43. The maximum Gasteiger partial charge on any atom is 0.337 e. The first kappa shape index (κ1) is 13.2. The summed E-state index contributed by atoms with van der Waals surface area (Å²) in [6, 6.07) is 5.71. The highest BCUT2D eigenvalue weighted by atomic mass is 16.4. The van der Waals surface area contributed by atoms with Crippen molar-refractivity contribution in [1.82, 2.24) is 4.57 Å². The molecule has 0 unspecified atom stereocenters. The Morgan fingerprint density at radius 3 is 2.85 bits per heavy atom. The minimum Gasteiger partial charge on any atom is -0.478 e. The van der Waals surface area contributed by atoms with E-state index in [1.807, 2.05) is 6.07 Å². The number of hydrogen-bond acceptors (Lipinski definition) is 1. The molecule has 0 aliphatic heterocycles. The quantitative estimate of drug-likeness (QED) is 0.912. The van der Waals surface area contributed by atoms with Crippen LogP contribution in [0.25, 0.3) is 10.9 Å². The van der Waals surface area contributed by atoms with Crippen LogP contribution in [0, 0.1) is 0 Å². The maximum absolute atomic E-state index is 11.5. The molecule has 0 saturated carbocycles. The first-order valence-electron chi connectivity index (χ1n) is 7.60. The van der Waals surface area contributed by atoms with Crippen molar-refractivity contribution in [2.45, 2.75) is 52.0 Å². The molecule has 1 aromatic heterocycles. The fourth-order valence-electron chi connectivity index (χ4n) is 3.43. The number of carboxylic acid groups (broad SMARTS) is 1. The van der Waals surface area contributed by atoms with E-state index in [-0.39, 0.29) is 0 Å². The monoisotopic (exact) mass is 271 g/mol. The molecule has 2 aromatic rings. The summed E-state index contributed by atoms with van der Waals surface area (Å²) in [7, 11) is 0. The van der Waals surface area contributed by atoms with Crippen LogP contribution in [0.3, 0.4) is 0 Å². The lowest BCUT2D eigenvalue weighted by atomic mass is 9.95. The lowest BCUT2D eigenvalue weighted by Crippen LogP contribution is -2.09. The molecule has 0 saturated heterocycles. The van der Waals surface area contributed by atoms with Gasteiger partial charge < -0.3 is 9.67 Å². The third kappa shape index (κ3) is 2.01. The third-order valence-electron chi connectivity index (χ3n) is 4.36. The van der Waals surface area contributed by atoms with Crippen molar-refractivity contribution in [1.29, 1.82) is 0 Å². The van der Waals surface area contributed by atoms with Crippen LogP contribution in [0.4, 0.5) is 0 Å². The maximum atomic E-state index is 11.5. The Bertz CT molecular complexity index is 655. The Labute approximate surface area is 119 Å². The van der Waals surface area contributed by atoms with Crippen molar-refractivity contribution in [3.63, 3.8) is 0 Å². The first-order valence-corrected chi connectivity index (χ1v) is 7.60. The van der Waals surface area contributed by atoms with Crippen molar-refractivity contribution in [2.24, 2.45) is 0 Å². The van der Waals surface area contributed by atoms with E-state index in [1.54, 1.807) is 6.07 Å². The zero-order valence-electron chi connectivity index (χ0n) is 12.0. The molecule has 1 aliphatic carbocycles. The number of carboxylic acids is 1. The average Bonchev–Trinajstić information content (AvgIpc) is 2.79. The van der Waals surface area contributed by atoms with Gasteiger partial charge in [0.25, 0.3) is 0 Å². The molecule has 1 aromatic carbocycles. The number of para-hydroxylation sites is 1. The van der Waals surface area contributed by atoms with E-state index in [1.165, 1.54) is 24.1 Å². The van der Waals surface area contributed by atoms with Gasteiger partial charge in [0, 0.05) is 17.6 Å². The van der Waals surface area contributed by atoms with Gasteiger partial charge in [-0.2, -0.15) is 0 Å². The van der Waals surface area contributed by atoms with E-state index in [4.69, 9.17) is 0 Å². The van der Waals surface area contributed by atoms with Gasteiger partial charge in [0.05, 0.1) is 11.1 Å². The van der Waals surface area contributed by atoms with Crippen LogP contribution in [0.2, 0.25) is 0 Å². The van der Waals surface area contributed by atoms with Crippen LogP contribution in [-0.4, -0.2) is 15.6 Å². The lowest BCUT2D eigenvalue weighted by Gasteiger charge is -2.16. The second-order valence-corrected chi connectivity index (χ2v) is 5.64. The summed E-state index contributed by atoms with van der Waals surface area (Å²) in [4.78, 5) is 11.5. The van der Waals surface area contributed by atoms with Crippen molar-refractivity contribution in [2.75, 3.05) is 0 Å². The summed E-state index contributed by atoms with van der Waals surface area (Å²) >= 11 is 0. The van der Waals surface area contributed by atoms with E-state index in [9.17, 15) is 9.90 Å². The fraction of sp³-hybridized carbons (Fsp3) is 0.471. The van der Waals surface area contributed by atoms with Crippen LogP contribution >= 0.6 is 0 Å². The SMILES string of the molecule is CCCCn1c2c(c3cccc(C(=O)O)c31)CCCC2. The summed E-state index contributed by atoms with van der Waals surface area (Å²) in [6.45, 7) is 3.11. The third-order valence-corrected chi connectivity index (χ3v) is 4.36. The number of carbonyl (C=O) groups is 1. The number of aromatic carboxylic acids is 1. The Morgan fingerprint density at radius 1 is 1.30 bits per heavy atom. The van der Waals surface area contributed by atoms with Gasteiger partial charge in [0.1, 0.15) is 0 Å². The van der Waals surface area contributed by atoms with Gasteiger partial charge in [-0.3, -0.25) is 0 Å². The Hall–Kier alpha value is -1.77. The van der Waals surface area contributed by atoms with Crippen molar-refractivity contribution < 1.29 is 9.90 Å². The molecule has 0 spiro atoms. The van der Waals surface area contributed by atoms with Crippen LogP contribution in [0.5, 0.6) is 0 Å². The molecule has 1 aliphatic rings. The number of benzene rings is 1. The molecule has 0 atom stereocenters. The van der Waals surface area contributed by atoms with Gasteiger partial charge in [0.15, 0.2) is 0 Å². The molecule has 0 bridgehead atoms. The minimum atomic E-state index is -0.816. The number of aromatic nitrogens is 1. The molecule has 0 radical (unpaired) electrons. The molecule has 1 N–H and O–H groups in total. The largest absolute Gasteiger partial charge is 0.478 e. The standard InChI is InChI=1S/C17H21NO2/c1-2-3-11-18-15-10-5-4-7-12(15)13-8-6-9-14(16(13)18)17(19)20/h6,8-9H,2-5,7,10-11H2,1H3,(H,19,20). The number of unbranched alkanes of at least 4 members (excludes halogenated alkanes) is 1. The number of fused-ring (bicyclic) bond motifs is 3. The smallest absolute Gasteiger partial charge is 0.337 e. The molecule has 106 valence electrons. The normalized spacial score (nSPS) is 14.4. The summed E-state index contributed by atoms with van der Waals surface area (Å²) in [5.41, 5.74) is 4.17. The second kappa shape index (κ2) is 5.31. The summed E-state index contributed by atoms with van der Waals surface area (Å²) in [5, 5.41) is 10.6. The average molecular weight is 271 g/mol. The van der Waals surface area contributed by atoms with E-state index in [0.29, 0.717) is 5.56 Å². The van der Waals surface area contributed by atoms with Gasteiger partial charge in [-0.05, 0) is 43.7 Å². The number of nitrogens with zero attached hydrogens (tertiary/aromatic N) is 1. The molecule has 3 nitrogen and oxygen atoms in total. The van der Waals surface area contributed by atoms with Crippen molar-refractivity contribution in [3.8, 4) is 0 Å². The first-order chi connectivity index (χ1) is 9.74. The van der Waals surface area contributed by atoms with Gasteiger partial charge in [-0.15, -0.1) is 0 Å². The highest BCUT2D eigenvalue weighted by molar-refractivity contribution is 6.04. The molecule has 3 rings (SSSR count). The van der Waals surface area contributed by atoms with Crippen LogP contribution < -0.4 is 0 Å². The van der Waals surface area contributed by atoms with Crippen molar-refractivity contribution in [3.05, 3.63) is 35.0 Å². The zero-order valence-corrected chi connectivity index (χ0v) is 12.0.